The molecule has 1 N–H and O–H groups in total. The predicted molar refractivity (Wildman–Crippen MR) is 84.8 cm³/mol. The molecular formula is C19H21NO. The molecule has 21 heavy (non-hydrogen) atoms. The van der Waals surface area contributed by atoms with Crippen molar-refractivity contribution in [3.8, 4) is 5.75 Å². The number of ether oxygens (including phenoxy) is 1. The number of hydrogen-bond donors (Lipinski definition) is 1. The molecule has 2 unspecified atom stereocenters. The third-order valence-corrected chi connectivity index (χ3v) is 4.67. The van der Waals surface area contributed by atoms with E-state index in [9.17, 15) is 0 Å². The van der Waals surface area contributed by atoms with Crippen molar-refractivity contribution in [3.63, 3.8) is 0 Å². The van der Waals surface area contributed by atoms with Crippen LogP contribution >= 0.6 is 0 Å². The molecule has 2 aromatic carbocycles. The lowest BCUT2D eigenvalue weighted by molar-refractivity contribution is 0.200. The zero-order valence-corrected chi connectivity index (χ0v) is 12.4. The molecule has 0 aromatic heterocycles. The van der Waals surface area contributed by atoms with E-state index < -0.39 is 0 Å². The fourth-order valence-corrected chi connectivity index (χ4v) is 3.65. The van der Waals surface area contributed by atoms with Crippen molar-refractivity contribution in [2.75, 3.05) is 6.54 Å². The first-order chi connectivity index (χ1) is 10.3. The molecule has 2 heterocycles. The number of hydrogen-bond acceptors (Lipinski definition) is 2. The van der Waals surface area contributed by atoms with Gasteiger partial charge in [-0.05, 0) is 42.6 Å². The molecule has 108 valence electrons. The Hall–Kier alpha value is -1.80. The first-order valence-corrected chi connectivity index (χ1v) is 7.87. The molecule has 2 atom stereocenters. The maximum atomic E-state index is 6.14. The van der Waals surface area contributed by atoms with Crippen LogP contribution in [0.3, 0.4) is 0 Å². The van der Waals surface area contributed by atoms with E-state index in [1.807, 2.05) is 0 Å². The fraction of sp³-hybridized carbons (Fsp3) is 0.368. The van der Waals surface area contributed by atoms with Gasteiger partial charge in [-0.15, -0.1) is 0 Å². The van der Waals surface area contributed by atoms with Gasteiger partial charge in [-0.2, -0.15) is 0 Å². The van der Waals surface area contributed by atoms with E-state index in [0.29, 0.717) is 12.1 Å². The van der Waals surface area contributed by atoms with E-state index >= 15 is 0 Å². The second-order valence-electron chi connectivity index (χ2n) is 6.25. The van der Waals surface area contributed by atoms with Gasteiger partial charge in [0.05, 0.1) is 0 Å². The first kappa shape index (κ1) is 12.9. The molecule has 0 radical (unpaired) electrons. The molecule has 0 amide bonds. The highest BCUT2D eigenvalue weighted by Gasteiger charge is 2.28. The zero-order chi connectivity index (χ0) is 14.2. The molecule has 2 heteroatoms. The third-order valence-electron chi connectivity index (χ3n) is 4.67. The summed E-state index contributed by atoms with van der Waals surface area (Å²) in [5.41, 5.74) is 5.63. The molecule has 0 fully saturated rings. The summed E-state index contributed by atoms with van der Waals surface area (Å²) < 4.78 is 6.14. The Morgan fingerprint density at radius 1 is 1.14 bits per heavy atom. The molecular weight excluding hydrogens is 258 g/mol. The summed E-state index contributed by atoms with van der Waals surface area (Å²) in [5.74, 6) is 1.08. The molecule has 2 aliphatic rings. The Kier molecular flexibility index (Phi) is 3.19. The average Bonchev–Trinajstić information content (AvgIpc) is 2.89. The summed E-state index contributed by atoms with van der Waals surface area (Å²) in [7, 11) is 0. The number of nitrogens with one attached hydrogen (secondary N) is 1. The van der Waals surface area contributed by atoms with Crippen LogP contribution in [0.2, 0.25) is 0 Å². The van der Waals surface area contributed by atoms with Crippen molar-refractivity contribution in [1.29, 1.82) is 0 Å². The summed E-state index contributed by atoms with van der Waals surface area (Å²) >= 11 is 0. The molecule has 2 aliphatic heterocycles. The van der Waals surface area contributed by atoms with E-state index in [2.05, 4.69) is 54.7 Å². The lowest BCUT2D eigenvalue weighted by Gasteiger charge is -2.28. The maximum absolute atomic E-state index is 6.14. The fourth-order valence-electron chi connectivity index (χ4n) is 3.65. The minimum atomic E-state index is 0.297. The van der Waals surface area contributed by atoms with Gasteiger partial charge in [0.15, 0.2) is 0 Å². The molecule has 0 aliphatic carbocycles. The van der Waals surface area contributed by atoms with Crippen LogP contribution in [-0.2, 0) is 12.8 Å². The SMILES string of the molecule is Cc1ccc2c(c1)CC(CC1NCCc3ccccc31)O2. The van der Waals surface area contributed by atoms with Crippen LogP contribution < -0.4 is 10.1 Å². The van der Waals surface area contributed by atoms with Crippen LogP contribution in [0.4, 0.5) is 0 Å². The van der Waals surface area contributed by atoms with Gasteiger partial charge in [-0.25, -0.2) is 0 Å². The number of benzene rings is 2. The molecule has 0 bridgehead atoms. The monoisotopic (exact) mass is 279 g/mol. The van der Waals surface area contributed by atoms with E-state index in [1.165, 1.54) is 22.3 Å². The molecule has 0 saturated heterocycles. The summed E-state index contributed by atoms with van der Waals surface area (Å²) in [5, 5.41) is 3.66. The van der Waals surface area contributed by atoms with Crippen molar-refractivity contribution in [2.45, 2.75) is 38.3 Å². The summed E-state index contributed by atoms with van der Waals surface area (Å²) in [6.07, 6.45) is 3.52. The lowest BCUT2D eigenvalue weighted by atomic mass is 9.90. The quantitative estimate of drug-likeness (QED) is 0.907. The van der Waals surface area contributed by atoms with Gasteiger partial charge in [0.2, 0.25) is 0 Å². The van der Waals surface area contributed by atoms with Crippen molar-refractivity contribution in [1.82, 2.24) is 5.32 Å². The highest BCUT2D eigenvalue weighted by molar-refractivity contribution is 5.40. The minimum Gasteiger partial charge on any atom is -0.490 e. The smallest absolute Gasteiger partial charge is 0.123 e. The van der Waals surface area contributed by atoms with E-state index in [0.717, 1.165) is 31.6 Å². The standard InChI is InChI=1S/C19H21NO/c1-13-6-7-19-15(10-13)11-16(21-19)12-18-17-5-3-2-4-14(17)8-9-20-18/h2-7,10,16,18,20H,8-9,11-12H2,1H3. The van der Waals surface area contributed by atoms with Crippen LogP contribution in [0.5, 0.6) is 5.75 Å². The molecule has 0 saturated carbocycles. The van der Waals surface area contributed by atoms with Gasteiger partial charge in [0.25, 0.3) is 0 Å². The normalized spacial score (nSPS) is 23.3. The molecule has 0 spiro atoms. The predicted octanol–water partition coefficient (Wildman–Crippen LogP) is 3.58. The van der Waals surface area contributed by atoms with E-state index in [-0.39, 0.29) is 0 Å². The average molecular weight is 279 g/mol. The zero-order valence-electron chi connectivity index (χ0n) is 12.4. The third kappa shape index (κ3) is 2.44. The number of fused-ring (bicyclic) bond motifs is 2. The summed E-state index contributed by atoms with van der Waals surface area (Å²) in [6.45, 7) is 3.22. The highest BCUT2D eigenvalue weighted by Crippen LogP contribution is 2.34. The highest BCUT2D eigenvalue weighted by atomic mass is 16.5. The Morgan fingerprint density at radius 3 is 3.00 bits per heavy atom. The van der Waals surface area contributed by atoms with E-state index in [1.54, 1.807) is 0 Å². The Balaban J connectivity index is 1.52. The summed E-state index contributed by atoms with van der Waals surface area (Å²) in [6, 6.07) is 15.8. The molecule has 2 aromatic rings. The van der Waals surface area contributed by atoms with E-state index in [4.69, 9.17) is 4.74 Å². The minimum absolute atomic E-state index is 0.297. The Labute approximate surface area is 126 Å². The van der Waals surface area contributed by atoms with Gasteiger partial charge >= 0.3 is 0 Å². The molecule has 4 rings (SSSR count). The van der Waals surface area contributed by atoms with Gasteiger partial charge in [-0.1, -0.05) is 42.0 Å². The summed E-state index contributed by atoms with van der Waals surface area (Å²) in [4.78, 5) is 0. The Bertz CT molecular complexity index is 664. The number of rotatable bonds is 2. The van der Waals surface area contributed by atoms with Crippen LogP contribution in [0.15, 0.2) is 42.5 Å². The van der Waals surface area contributed by atoms with Gasteiger partial charge in [0, 0.05) is 18.9 Å². The second-order valence-corrected chi connectivity index (χ2v) is 6.25. The van der Waals surface area contributed by atoms with Crippen LogP contribution in [-0.4, -0.2) is 12.6 Å². The van der Waals surface area contributed by atoms with Crippen molar-refractivity contribution >= 4 is 0 Å². The van der Waals surface area contributed by atoms with Crippen LogP contribution in [0.25, 0.3) is 0 Å². The van der Waals surface area contributed by atoms with Gasteiger partial charge < -0.3 is 10.1 Å². The van der Waals surface area contributed by atoms with Crippen molar-refractivity contribution in [3.05, 3.63) is 64.7 Å². The topological polar surface area (TPSA) is 21.3 Å². The lowest BCUT2D eigenvalue weighted by Crippen LogP contribution is -2.33. The second kappa shape index (κ2) is 5.19. The van der Waals surface area contributed by atoms with Crippen LogP contribution in [0.1, 0.15) is 34.7 Å². The molecule has 2 nitrogen and oxygen atoms in total. The van der Waals surface area contributed by atoms with Crippen LogP contribution in [0, 0.1) is 6.92 Å². The first-order valence-electron chi connectivity index (χ1n) is 7.87. The van der Waals surface area contributed by atoms with Gasteiger partial charge in [0.1, 0.15) is 11.9 Å². The van der Waals surface area contributed by atoms with Crippen molar-refractivity contribution in [2.24, 2.45) is 0 Å². The van der Waals surface area contributed by atoms with Crippen molar-refractivity contribution < 1.29 is 4.74 Å². The Morgan fingerprint density at radius 2 is 2.05 bits per heavy atom. The largest absolute Gasteiger partial charge is 0.490 e. The maximum Gasteiger partial charge on any atom is 0.123 e. The van der Waals surface area contributed by atoms with Gasteiger partial charge in [-0.3, -0.25) is 0 Å². The number of aryl methyl sites for hydroxylation is 1.